The number of hydrogen-bond donors (Lipinski definition) is 2. The molecule has 1 rings (SSSR count). The van der Waals surface area contributed by atoms with E-state index in [2.05, 4.69) is 5.10 Å². The lowest BCUT2D eigenvalue weighted by Crippen LogP contribution is -2.42. The lowest BCUT2D eigenvalue weighted by atomic mass is 10.6. The zero-order chi connectivity index (χ0) is 9.30. The first kappa shape index (κ1) is 8.51. The quantitative estimate of drug-likeness (QED) is 0.540. The molecule has 1 aromatic rings. The SMILES string of the molecule is Cc1nn(C)c(N)[n+]1CC(=O)O. The fraction of sp³-hybridized carbons (Fsp3) is 0.500. The number of hydrogen-bond acceptors (Lipinski definition) is 3. The highest BCUT2D eigenvalue weighted by Crippen LogP contribution is 1.92. The van der Waals surface area contributed by atoms with Gasteiger partial charge < -0.3 is 10.8 Å². The summed E-state index contributed by atoms with van der Waals surface area (Å²) in [7, 11) is 1.67. The van der Waals surface area contributed by atoms with Crippen molar-refractivity contribution in [1.29, 1.82) is 0 Å². The van der Waals surface area contributed by atoms with Crippen LogP contribution in [-0.2, 0) is 18.4 Å². The molecule has 0 bridgehead atoms. The minimum atomic E-state index is -0.928. The summed E-state index contributed by atoms with van der Waals surface area (Å²) in [5.74, 6) is 0.00935. The maximum Gasteiger partial charge on any atom is 0.342 e. The van der Waals surface area contributed by atoms with Gasteiger partial charge in [0.2, 0.25) is 5.82 Å². The summed E-state index contributed by atoms with van der Waals surface area (Å²) in [6, 6.07) is 0. The second-order valence-electron chi connectivity index (χ2n) is 2.51. The Morgan fingerprint density at radius 1 is 1.83 bits per heavy atom. The number of rotatable bonds is 2. The molecule has 0 saturated carbocycles. The minimum Gasteiger partial charge on any atom is -0.479 e. The fourth-order valence-electron chi connectivity index (χ4n) is 0.993. The Balaban J connectivity index is 3.05. The van der Waals surface area contributed by atoms with Crippen molar-refractivity contribution < 1.29 is 14.5 Å². The topological polar surface area (TPSA) is 85.0 Å². The number of carboxylic acids is 1. The first-order chi connectivity index (χ1) is 5.52. The Bertz CT molecular complexity index is 318. The number of nitrogen functional groups attached to an aromatic ring is 1. The van der Waals surface area contributed by atoms with Crippen molar-refractivity contribution in [2.24, 2.45) is 7.05 Å². The predicted octanol–water partition coefficient (Wildman–Crippen LogP) is -1.32. The maximum atomic E-state index is 10.4. The summed E-state index contributed by atoms with van der Waals surface area (Å²) in [6.07, 6.45) is 0. The average Bonchev–Trinajstić information content (AvgIpc) is 2.16. The van der Waals surface area contributed by atoms with Crippen LogP contribution in [0.3, 0.4) is 0 Å². The third-order valence-electron chi connectivity index (χ3n) is 1.59. The van der Waals surface area contributed by atoms with Crippen LogP contribution in [0, 0.1) is 6.92 Å². The number of nitrogens with two attached hydrogens (primary N) is 1. The summed E-state index contributed by atoms with van der Waals surface area (Å²) in [6.45, 7) is 1.56. The van der Waals surface area contributed by atoms with Crippen molar-refractivity contribution in [3.63, 3.8) is 0 Å². The molecule has 3 N–H and O–H groups in total. The largest absolute Gasteiger partial charge is 0.479 e. The van der Waals surface area contributed by atoms with Crippen LogP contribution in [0.25, 0.3) is 0 Å². The number of carbonyl (C=O) groups is 1. The van der Waals surface area contributed by atoms with Gasteiger partial charge in [-0.05, 0) is 5.10 Å². The van der Waals surface area contributed by atoms with Crippen LogP contribution in [0.2, 0.25) is 0 Å². The number of aliphatic carboxylic acids is 1. The molecule has 1 aromatic heterocycles. The Labute approximate surface area is 69.2 Å². The molecule has 0 atom stereocenters. The highest BCUT2D eigenvalue weighted by molar-refractivity contribution is 5.64. The third kappa shape index (κ3) is 1.36. The molecule has 0 amide bonds. The van der Waals surface area contributed by atoms with Crippen molar-refractivity contribution in [3.8, 4) is 0 Å². The van der Waals surface area contributed by atoms with Crippen molar-refractivity contribution in [1.82, 2.24) is 9.78 Å². The van der Waals surface area contributed by atoms with Gasteiger partial charge in [-0.2, -0.15) is 0 Å². The van der Waals surface area contributed by atoms with Gasteiger partial charge in [0.25, 0.3) is 0 Å². The molecule has 0 aliphatic heterocycles. The van der Waals surface area contributed by atoms with Crippen molar-refractivity contribution >= 4 is 11.9 Å². The van der Waals surface area contributed by atoms with Crippen LogP contribution in [0.5, 0.6) is 0 Å². The number of anilines is 1. The van der Waals surface area contributed by atoms with E-state index in [-0.39, 0.29) is 6.54 Å². The number of aromatic nitrogens is 3. The highest BCUT2D eigenvalue weighted by Gasteiger charge is 2.17. The van der Waals surface area contributed by atoms with E-state index in [1.165, 1.54) is 9.25 Å². The summed E-state index contributed by atoms with van der Waals surface area (Å²) < 4.78 is 2.88. The van der Waals surface area contributed by atoms with Gasteiger partial charge in [0.15, 0.2) is 6.54 Å². The molecule has 0 fully saturated rings. The summed E-state index contributed by atoms with van der Waals surface area (Å²) in [5, 5.41) is 12.5. The van der Waals surface area contributed by atoms with Gasteiger partial charge in [-0.25, -0.2) is 9.36 Å². The molecule has 0 radical (unpaired) electrons. The third-order valence-corrected chi connectivity index (χ3v) is 1.59. The number of carboxylic acid groups (broad SMARTS) is 1. The van der Waals surface area contributed by atoms with Gasteiger partial charge in [0.1, 0.15) is 0 Å². The molecule has 6 nitrogen and oxygen atoms in total. The van der Waals surface area contributed by atoms with Crippen molar-refractivity contribution in [3.05, 3.63) is 5.82 Å². The van der Waals surface area contributed by atoms with Crippen LogP contribution in [-0.4, -0.2) is 20.9 Å². The van der Waals surface area contributed by atoms with E-state index in [0.717, 1.165) is 0 Å². The zero-order valence-corrected chi connectivity index (χ0v) is 6.98. The van der Waals surface area contributed by atoms with E-state index < -0.39 is 5.97 Å². The van der Waals surface area contributed by atoms with E-state index in [1.807, 2.05) is 0 Å². The second-order valence-corrected chi connectivity index (χ2v) is 2.51. The predicted molar refractivity (Wildman–Crippen MR) is 40.2 cm³/mol. The van der Waals surface area contributed by atoms with Gasteiger partial charge >= 0.3 is 11.9 Å². The fourth-order valence-corrected chi connectivity index (χ4v) is 0.993. The van der Waals surface area contributed by atoms with Crippen LogP contribution >= 0.6 is 0 Å². The molecule has 12 heavy (non-hydrogen) atoms. The van der Waals surface area contributed by atoms with E-state index >= 15 is 0 Å². The molecule has 0 spiro atoms. The van der Waals surface area contributed by atoms with Crippen LogP contribution in [0.4, 0.5) is 5.95 Å². The Morgan fingerprint density at radius 3 is 2.75 bits per heavy atom. The van der Waals surface area contributed by atoms with Crippen molar-refractivity contribution in [2.45, 2.75) is 13.5 Å². The van der Waals surface area contributed by atoms with Crippen molar-refractivity contribution in [2.75, 3.05) is 5.73 Å². The molecule has 6 heteroatoms. The summed E-state index contributed by atoms with van der Waals surface area (Å²) in [4.78, 5) is 10.4. The summed E-state index contributed by atoms with van der Waals surface area (Å²) >= 11 is 0. The van der Waals surface area contributed by atoms with Crippen LogP contribution in [0.1, 0.15) is 5.82 Å². The zero-order valence-electron chi connectivity index (χ0n) is 6.98. The lowest BCUT2D eigenvalue weighted by molar-refractivity contribution is -0.678. The minimum absolute atomic E-state index is 0.147. The normalized spacial score (nSPS) is 10.2. The van der Waals surface area contributed by atoms with Gasteiger partial charge in [-0.1, -0.05) is 0 Å². The molecule has 0 unspecified atom stereocenters. The van der Waals surface area contributed by atoms with E-state index in [1.54, 1.807) is 14.0 Å². The number of aryl methyl sites for hydroxylation is 2. The number of nitrogens with zero attached hydrogens (tertiary/aromatic N) is 3. The monoisotopic (exact) mass is 171 g/mol. The van der Waals surface area contributed by atoms with E-state index in [0.29, 0.717) is 11.8 Å². The van der Waals surface area contributed by atoms with Gasteiger partial charge in [-0.15, -0.1) is 4.68 Å². The van der Waals surface area contributed by atoms with Gasteiger partial charge in [-0.3, -0.25) is 0 Å². The van der Waals surface area contributed by atoms with Crippen LogP contribution < -0.4 is 10.3 Å². The molecular formula is C6H11N4O2+. The van der Waals surface area contributed by atoms with E-state index in [9.17, 15) is 4.79 Å². The Kier molecular flexibility index (Phi) is 1.99. The van der Waals surface area contributed by atoms with Crippen LogP contribution in [0.15, 0.2) is 0 Å². The first-order valence-electron chi connectivity index (χ1n) is 3.43. The lowest BCUT2D eigenvalue weighted by Gasteiger charge is -1.94. The average molecular weight is 171 g/mol. The Morgan fingerprint density at radius 2 is 2.42 bits per heavy atom. The molecule has 1 heterocycles. The molecule has 66 valence electrons. The Hall–Kier alpha value is -1.59. The smallest absolute Gasteiger partial charge is 0.342 e. The molecule has 0 aliphatic rings. The van der Waals surface area contributed by atoms with Gasteiger partial charge in [0, 0.05) is 6.92 Å². The van der Waals surface area contributed by atoms with Gasteiger partial charge in [0.05, 0.1) is 7.05 Å². The molecule has 0 aromatic carbocycles. The maximum absolute atomic E-state index is 10.4. The molecule has 0 aliphatic carbocycles. The van der Waals surface area contributed by atoms with E-state index in [4.69, 9.17) is 10.8 Å². The molecular weight excluding hydrogens is 160 g/mol. The standard InChI is InChI=1S/C6H10N4O2/c1-4-8-9(2)6(7)10(4)3-5(11)12/h7H,3H2,1-2H3,(H,11,12)/p+1. The highest BCUT2D eigenvalue weighted by atomic mass is 16.4. The molecule has 0 saturated heterocycles. The first-order valence-corrected chi connectivity index (χ1v) is 3.43. The second kappa shape index (κ2) is 2.80. The summed E-state index contributed by atoms with van der Waals surface area (Å²) in [5.41, 5.74) is 5.55.